The number of fused-ring (bicyclic) bond motifs is 1. The number of nitriles is 1. The maximum Gasteiger partial charge on any atom is 0.434 e. The molecule has 1 aromatic carbocycles. The quantitative estimate of drug-likeness (QED) is 0.414. The summed E-state index contributed by atoms with van der Waals surface area (Å²) in [4.78, 5) is 16.8. The van der Waals surface area contributed by atoms with Crippen LogP contribution >= 0.6 is 0 Å². The zero-order valence-corrected chi connectivity index (χ0v) is 19.1. The molecule has 0 amide bonds. The van der Waals surface area contributed by atoms with E-state index in [2.05, 4.69) is 19.9 Å². The summed E-state index contributed by atoms with van der Waals surface area (Å²) < 4.78 is 43.7. The van der Waals surface area contributed by atoms with Crippen molar-refractivity contribution < 1.29 is 13.2 Å². The molecule has 0 radical (unpaired) electrons. The predicted molar refractivity (Wildman–Crippen MR) is 123 cm³/mol. The number of aryl methyl sites for hydroxylation is 2. The fourth-order valence-corrected chi connectivity index (χ4v) is 3.96. The number of rotatable bonds is 4. The fourth-order valence-electron chi connectivity index (χ4n) is 3.96. The first-order chi connectivity index (χ1) is 17.2. The van der Waals surface area contributed by atoms with Gasteiger partial charge in [-0.25, -0.2) is 19.9 Å². The van der Waals surface area contributed by atoms with Crippen LogP contribution in [0.4, 0.5) is 13.2 Å². The fraction of sp³-hybridized carbons (Fsp3) is 0.167. The minimum Gasteiger partial charge on any atom is -0.333 e. The Balaban J connectivity index is 1.52. The summed E-state index contributed by atoms with van der Waals surface area (Å²) >= 11 is 0. The van der Waals surface area contributed by atoms with Gasteiger partial charge in [0.15, 0.2) is 22.9 Å². The van der Waals surface area contributed by atoms with Crippen LogP contribution in [-0.4, -0.2) is 33.6 Å². The lowest BCUT2D eigenvalue weighted by Gasteiger charge is -2.07. The van der Waals surface area contributed by atoms with E-state index in [9.17, 15) is 18.4 Å². The van der Waals surface area contributed by atoms with E-state index in [0.717, 1.165) is 11.8 Å². The highest BCUT2D eigenvalue weighted by molar-refractivity contribution is 5.74. The van der Waals surface area contributed by atoms with Gasteiger partial charge in [-0.3, -0.25) is 9.98 Å². The molecule has 9 nitrogen and oxygen atoms in total. The summed E-state index contributed by atoms with van der Waals surface area (Å²) in [6, 6.07) is 12.4. The van der Waals surface area contributed by atoms with Gasteiger partial charge in [0.05, 0.1) is 18.3 Å². The van der Waals surface area contributed by atoms with Crippen LogP contribution in [0.25, 0.3) is 33.9 Å². The molecule has 5 aromatic rings. The van der Waals surface area contributed by atoms with E-state index < -0.39 is 11.9 Å². The van der Waals surface area contributed by atoms with Crippen molar-refractivity contribution in [2.45, 2.75) is 12.7 Å². The molecule has 0 unspecified atom stereocenters. The van der Waals surface area contributed by atoms with Crippen LogP contribution in [0.2, 0.25) is 0 Å². The normalized spacial score (nSPS) is 11.7. The third-order valence-corrected chi connectivity index (χ3v) is 5.81. The van der Waals surface area contributed by atoms with Crippen LogP contribution < -0.4 is 5.62 Å². The van der Waals surface area contributed by atoms with E-state index >= 15 is 0 Å². The molecule has 0 aliphatic carbocycles. The molecular formula is C24H18F3N9. The summed E-state index contributed by atoms with van der Waals surface area (Å²) in [7, 11) is 3.25. The van der Waals surface area contributed by atoms with Gasteiger partial charge in [-0.15, -0.1) is 0 Å². The molecule has 0 spiro atoms. The van der Waals surface area contributed by atoms with E-state index in [1.165, 1.54) is 17.8 Å². The summed E-state index contributed by atoms with van der Waals surface area (Å²) in [5, 5.41) is 18.0. The van der Waals surface area contributed by atoms with Crippen molar-refractivity contribution in [3.63, 3.8) is 0 Å². The van der Waals surface area contributed by atoms with E-state index in [1.54, 1.807) is 58.8 Å². The summed E-state index contributed by atoms with van der Waals surface area (Å²) in [6.45, 7) is 0.291. The second kappa shape index (κ2) is 8.46. The van der Waals surface area contributed by atoms with Crippen LogP contribution in [0.1, 0.15) is 17.0 Å². The lowest BCUT2D eigenvalue weighted by Crippen LogP contribution is -2.23. The minimum absolute atomic E-state index is 0.186. The van der Waals surface area contributed by atoms with Crippen molar-refractivity contribution in [2.75, 3.05) is 0 Å². The van der Waals surface area contributed by atoms with Gasteiger partial charge in [-0.05, 0) is 17.7 Å². The second-order valence-electron chi connectivity index (χ2n) is 8.14. The highest BCUT2D eigenvalue weighted by atomic mass is 19.4. The highest BCUT2D eigenvalue weighted by Crippen LogP contribution is 2.30. The molecule has 0 bridgehead atoms. The Morgan fingerprint density at radius 1 is 1.06 bits per heavy atom. The zero-order chi connectivity index (χ0) is 25.6. The number of hydrogen-bond acceptors (Lipinski definition) is 6. The van der Waals surface area contributed by atoms with Crippen LogP contribution in [-0.2, 0) is 26.8 Å². The number of benzene rings is 1. The Bertz CT molecular complexity index is 1700. The number of halogens is 3. The molecule has 0 atom stereocenters. The topological polar surface area (TPSA) is 114 Å². The first-order valence-electron chi connectivity index (χ1n) is 10.7. The molecule has 0 saturated heterocycles. The molecule has 4 heterocycles. The van der Waals surface area contributed by atoms with Gasteiger partial charge in [-0.2, -0.15) is 18.4 Å². The molecule has 0 aliphatic heterocycles. The third-order valence-electron chi connectivity index (χ3n) is 5.81. The summed E-state index contributed by atoms with van der Waals surface area (Å²) in [5.41, 5.74) is 2.42. The molecular weight excluding hydrogens is 471 g/mol. The molecule has 12 heteroatoms. The molecule has 0 aliphatic rings. The van der Waals surface area contributed by atoms with Gasteiger partial charge in [0, 0.05) is 32.1 Å². The van der Waals surface area contributed by atoms with Gasteiger partial charge in [0.25, 0.3) is 0 Å². The molecule has 1 N–H and O–H groups in total. The Kier molecular flexibility index (Phi) is 5.40. The lowest BCUT2D eigenvalue weighted by molar-refractivity contribution is -0.140. The van der Waals surface area contributed by atoms with Crippen molar-refractivity contribution in [2.24, 2.45) is 14.1 Å². The van der Waals surface area contributed by atoms with Gasteiger partial charge in [-0.1, -0.05) is 24.3 Å². The largest absolute Gasteiger partial charge is 0.434 e. The Hall–Kier alpha value is -4.79. The van der Waals surface area contributed by atoms with Crippen molar-refractivity contribution in [3.05, 3.63) is 77.6 Å². The monoisotopic (exact) mass is 489 g/mol. The van der Waals surface area contributed by atoms with E-state index in [0.29, 0.717) is 34.7 Å². The Labute approximate surface area is 202 Å². The first-order valence-corrected chi connectivity index (χ1v) is 10.7. The van der Waals surface area contributed by atoms with Gasteiger partial charge in [0.2, 0.25) is 5.62 Å². The minimum atomic E-state index is -4.52. The molecule has 180 valence electrons. The first kappa shape index (κ1) is 23.0. The number of nitrogens with one attached hydrogen (secondary N) is 1. The number of pyridine rings is 1. The Morgan fingerprint density at radius 3 is 2.47 bits per heavy atom. The van der Waals surface area contributed by atoms with Crippen LogP contribution in [0, 0.1) is 16.7 Å². The highest BCUT2D eigenvalue weighted by Gasteiger charge is 2.34. The van der Waals surface area contributed by atoms with E-state index in [-0.39, 0.29) is 17.1 Å². The Morgan fingerprint density at radius 2 is 1.81 bits per heavy atom. The maximum absolute atomic E-state index is 13.0. The molecule has 0 fully saturated rings. The van der Waals surface area contributed by atoms with Gasteiger partial charge in [0.1, 0.15) is 17.4 Å². The lowest BCUT2D eigenvalue weighted by atomic mass is 10.1. The average Bonchev–Trinajstić information content (AvgIpc) is 3.38. The van der Waals surface area contributed by atoms with Crippen LogP contribution in [0.15, 0.2) is 55.0 Å². The number of nitrogens with zero attached hydrogens (tertiary/aromatic N) is 8. The SMILES string of the molecule is Cn1cc(C(F)(F)F)nc1-c1ccc(Cn2c(=N)n(C)c3cnc(-c4cccnc4C#N)nc32)cc1. The molecule has 4 aromatic heterocycles. The molecule has 5 rings (SSSR count). The van der Waals surface area contributed by atoms with Gasteiger partial charge >= 0.3 is 6.18 Å². The molecule has 0 saturated carbocycles. The maximum atomic E-state index is 13.0. The summed E-state index contributed by atoms with van der Waals surface area (Å²) in [5.74, 6) is 0.520. The van der Waals surface area contributed by atoms with Crippen molar-refractivity contribution >= 4 is 11.2 Å². The van der Waals surface area contributed by atoms with Crippen molar-refractivity contribution in [1.82, 2.24) is 33.6 Å². The third kappa shape index (κ3) is 3.90. The number of hydrogen-bond donors (Lipinski definition) is 1. The summed E-state index contributed by atoms with van der Waals surface area (Å²) in [6.07, 6.45) is -0.443. The average molecular weight is 489 g/mol. The smallest absolute Gasteiger partial charge is 0.333 e. The van der Waals surface area contributed by atoms with Gasteiger partial charge < -0.3 is 9.13 Å². The predicted octanol–water partition coefficient (Wildman–Crippen LogP) is 3.65. The zero-order valence-electron chi connectivity index (χ0n) is 19.1. The van der Waals surface area contributed by atoms with Crippen LogP contribution in [0.3, 0.4) is 0 Å². The van der Waals surface area contributed by atoms with Crippen LogP contribution in [0.5, 0.6) is 0 Å². The number of aromatic nitrogens is 7. The van der Waals surface area contributed by atoms with E-state index in [4.69, 9.17) is 5.41 Å². The molecule has 36 heavy (non-hydrogen) atoms. The number of imidazole rings is 2. The standard InChI is InChI=1S/C24H18F3N9/c1-34-13-19(24(25,26)27)32-21(34)15-7-5-14(6-8-15)12-36-22-18(35(2)23(36)29)11-31-20(33-22)16-4-3-9-30-17(16)10-28/h3-9,11,13,29H,12H2,1-2H3. The van der Waals surface area contributed by atoms with Crippen molar-refractivity contribution in [1.29, 1.82) is 10.7 Å². The number of alkyl halides is 3. The second-order valence-corrected chi connectivity index (χ2v) is 8.14. The van der Waals surface area contributed by atoms with E-state index in [1.807, 2.05) is 6.07 Å². The van der Waals surface area contributed by atoms with Crippen molar-refractivity contribution in [3.8, 4) is 28.8 Å².